The van der Waals surface area contributed by atoms with E-state index < -0.39 is 11.9 Å². The van der Waals surface area contributed by atoms with Crippen molar-refractivity contribution in [1.29, 1.82) is 0 Å². The lowest BCUT2D eigenvalue weighted by molar-refractivity contribution is 0.0694. The monoisotopic (exact) mass is 320 g/mol. The standard InChI is InChI=1S/C14H12N2O5S/c17-12(10-5-6-11(22-10)13(18)16-21)15-7-8-1-3-9(4-2-8)14(19)20/h1-6,21H,7H2,(H,15,17)(H,16,18)(H,19,20). The van der Waals surface area contributed by atoms with Crippen LogP contribution >= 0.6 is 11.3 Å². The van der Waals surface area contributed by atoms with Crippen molar-refractivity contribution in [2.24, 2.45) is 0 Å². The fraction of sp³-hybridized carbons (Fsp3) is 0.0714. The second-order valence-corrected chi connectivity index (χ2v) is 5.37. The zero-order chi connectivity index (χ0) is 16.1. The molecule has 22 heavy (non-hydrogen) atoms. The second-order valence-electron chi connectivity index (χ2n) is 4.29. The highest BCUT2D eigenvalue weighted by molar-refractivity contribution is 7.15. The van der Waals surface area contributed by atoms with E-state index in [1.165, 1.54) is 29.7 Å². The molecule has 0 saturated carbocycles. The van der Waals surface area contributed by atoms with Crippen LogP contribution in [0.3, 0.4) is 0 Å². The number of hydroxylamine groups is 1. The van der Waals surface area contributed by atoms with Crippen molar-refractivity contribution in [2.75, 3.05) is 0 Å². The number of benzene rings is 1. The van der Waals surface area contributed by atoms with Gasteiger partial charge in [0.25, 0.3) is 11.8 Å². The molecule has 0 spiro atoms. The molecular formula is C14H12N2O5S. The fourth-order valence-corrected chi connectivity index (χ4v) is 2.48. The zero-order valence-corrected chi connectivity index (χ0v) is 12.0. The van der Waals surface area contributed by atoms with Crippen LogP contribution in [0.15, 0.2) is 36.4 Å². The maximum atomic E-state index is 11.9. The van der Waals surface area contributed by atoms with Gasteiger partial charge in [0.15, 0.2) is 0 Å². The summed E-state index contributed by atoms with van der Waals surface area (Å²) < 4.78 is 0. The van der Waals surface area contributed by atoms with E-state index in [-0.39, 0.29) is 22.9 Å². The predicted molar refractivity (Wildman–Crippen MR) is 78.1 cm³/mol. The molecule has 1 aromatic carbocycles. The third-order valence-electron chi connectivity index (χ3n) is 2.81. The number of carbonyl (C=O) groups excluding carboxylic acids is 2. The third-order valence-corrected chi connectivity index (χ3v) is 3.89. The van der Waals surface area contributed by atoms with Crippen molar-refractivity contribution in [2.45, 2.75) is 6.54 Å². The Morgan fingerprint density at radius 2 is 1.55 bits per heavy atom. The Labute approximate surface area is 129 Å². The Kier molecular flexibility index (Phi) is 4.87. The molecule has 0 aliphatic carbocycles. The third kappa shape index (κ3) is 3.68. The molecule has 1 heterocycles. The van der Waals surface area contributed by atoms with Crippen molar-refractivity contribution in [3.05, 3.63) is 57.3 Å². The van der Waals surface area contributed by atoms with Gasteiger partial charge in [0.2, 0.25) is 0 Å². The van der Waals surface area contributed by atoms with Gasteiger partial charge >= 0.3 is 5.97 Å². The molecule has 114 valence electrons. The van der Waals surface area contributed by atoms with E-state index in [2.05, 4.69) is 5.32 Å². The van der Waals surface area contributed by atoms with Gasteiger partial charge in [-0.15, -0.1) is 11.3 Å². The van der Waals surface area contributed by atoms with E-state index in [4.69, 9.17) is 10.3 Å². The van der Waals surface area contributed by atoms with Gasteiger partial charge in [-0.25, -0.2) is 10.3 Å². The molecule has 0 radical (unpaired) electrons. The number of thiophene rings is 1. The van der Waals surface area contributed by atoms with Crippen LogP contribution in [0.2, 0.25) is 0 Å². The van der Waals surface area contributed by atoms with Crippen LogP contribution in [0.4, 0.5) is 0 Å². The van der Waals surface area contributed by atoms with Gasteiger partial charge in [-0.2, -0.15) is 0 Å². The lowest BCUT2D eigenvalue weighted by Crippen LogP contribution is -2.21. The molecule has 4 N–H and O–H groups in total. The van der Waals surface area contributed by atoms with Crippen molar-refractivity contribution in [3.8, 4) is 0 Å². The van der Waals surface area contributed by atoms with Crippen molar-refractivity contribution in [3.63, 3.8) is 0 Å². The Hall–Kier alpha value is -2.71. The summed E-state index contributed by atoms with van der Waals surface area (Å²) in [6, 6.07) is 9.06. The summed E-state index contributed by atoms with van der Waals surface area (Å²) in [5, 5.41) is 20.0. The van der Waals surface area contributed by atoms with Crippen LogP contribution in [-0.4, -0.2) is 28.1 Å². The average Bonchev–Trinajstić information content (AvgIpc) is 3.02. The first-order valence-corrected chi connectivity index (χ1v) is 6.97. The van der Waals surface area contributed by atoms with Crippen LogP contribution in [0.25, 0.3) is 0 Å². The van der Waals surface area contributed by atoms with Crippen LogP contribution in [0.1, 0.15) is 35.3 Å². The van der Waals surface area contributed by atoms with E-state index in [0.717, 1.165) is 16.9 Å². The number of carbonyl (C=O) groups is 3. The molecule has 0 aliphatic rings. The lowest BCUT2D eigenvalue weighted by Gasteiger charge is -2.04. The maximum Gasteiger partial charge on any atom is 0.335 e. The zero-order valence-electron chi connectivity index (χ0n) is 11.2. The van der Waals surface area contributed by atoms with Gasteiger partial charge in [-0.3, -0.25) is 14.8 Å². The molecule has 0 saturated heterocycles. The summed E-state index contributed by atoms with van der Waals surface area (Å²) in [5.41, 5.74) is 2.42. The van der Waals surface area contributed by atoms with E-state index in [1.54, 1.807) is 12.1 Å². The minimum atomic E-state index is -1.01. The Balaban J connectivity index is 1.96. The quantitative estimate of drug-likeness (QED) is 0.492. The molecule has 0 atom stereocenters. The molecule has 0 bridgehead atoms. The molecule has 8 heteroatoms. The molecule has 0 fully saturated rings. The number of aromatic carboxylic acids is 1. The molecule has 7 nitrogen and oxygen atoms in total. The predicted octanol–water partition coefficient (Wildman–Crippen LogP) is 1.50. The van der Waals surface area contributed by atoms with Crippen molar-refractivity contribution >= 4 is 29.1 Å². The first-order valence-electron chi connectivity index (χ1n) is 6.16. The molecule has 2 aromatic rings. The molecule has 0 unspecified atom stereocenters. The van der Waals surface area contributed by atoms with E-state index >= 15 is 0 Å². The first-order chi connectivity index (χ1) is 10.5. The van der Waals surface area contributed by atoms with Crippen molar-refractivity contribution < 1.29 is 24.7 Å². The van der Waals surface area contributed by atoms with Gasteiger partial charge < -0.3 is 10.4 Å². The average molecular weight is 320 g/mol. The summed E-state index contributed by atoms with van der Waals surface area (Å²) in [6.07, 6.45) is 0. The van der Waals surface area contributed by atoms with Gasteiger partial charge in [-0.05, 0) is 29.8 Å². The minimum absolute atomic E-state index is 0.174. The normalized spacial score (nSPS) is 10.0. The van der Waals surface area contributed by atoms with Crippen molar-refractivity contribution in [1.82, 2.24) is 10.8 Å². The molecule has 2 amide bonds. The number of carboxylic acid groups (broad SMARTS) is 1. The van der Waals surface area contributed by atoms with Gasteiger partial charge in [0.1, 0.15) is 0 Å². The Morgan fingerprint density at radius 1 is 0.955 bits per heavy atom. The van der Waals surface area contributed by atoms with E-state index in [0.29, 0.717) is 4.88 Å². The number of hydrogen-bond acceptors (Lipinski definition) is 5. The van der Waals surface area contributed by atoms with Gasteiger partial charge in [0, 0.05) is 6.54 Å². The summed E-state index contributed by atoms with van der Waals surface area (Å²) in [7, 11) is 0. The first kappa shape index (κ1) is 15.7. The SMILES string of the molecule is O=C(O)c1ccc(CNC(=O)c2ccc(C(=O)NO)s2)cc1. The molecule has 1 aromatic heterocycles. The number of carboxylic acids is 1. The summed E-state index contributed by atoms with van der Waals surface area (Å²) in [6.45, 7) is 0.234. The van der Waals surface area contributed by atoms with Gasteiger partial charge in [-0.1, -0.05) is 12.1 Å². The summed E-state index contributed by atoms with van der Waals surface area (Å²) >= 11 is 0.953. The largest absolute Gasteiger partial charge is 0.478 e. The van der Waals surface area contributed by atoms with E-state index in [9.17, 15) is 14.4 Å². The van der Waals surface area contributed by atoms with Crippen LogP contribution in [0.5, 0.6) is 0 Å². The topological polar surface area (TPSA) is 116 Å². The number of amides is 2. The fourth-order valence-electron chi connectivity index (χ4n) is 1.67. The smallest absolute Gasteiger partial charge is 0.335 e. The van der Waals surface area contributed by atoms with E-state index in [1.807, 2.05) is 0 Å². The summed E-state index contributed by atoms with van der Waals surface area (Å²) in [5.74, 6) is -2.04. The summed E-state index contributed by atoms with van der Waals surface area (Å²) in [4.78, 5) is 34.4. The highest BCUT2D eigenvalue weighted by atomic mass is 32.1. The van der Waals surface area contributed by atoms with Crippen LogP contribution in [0, 0.1) is 0 Å². The molecule has 0 aliphatic heterocycles. The number of nitrogens with one attached hydrogen (secondary N) is 2. The van der Waals surface area contributed by atoms with Gasteiger partial charge in [0.05, 0.1) is 15.3 Å². The minimum Gasteiger partial charge on any atom is -0.478 e. The van der Waals surface area contributed by atoms with Crippen LogP contribution < -0.4 is 10.8 Å². The number of rotatable bonds is 5. The highest BCUT2D eigenvalue weighted by Gasteiger charge is 2.13. The highest BCUT2D eigenvalue weighted by Crippen LogP contribution is 2.16. The number of hydrogen-bond donors (Lipinski definition) is 4. The maximum absolute atomic E-state index is 11.9. The Morgan fingerprint density at radius 3 is 2.09 bits per heavy atom. The second kappa shape index (κ2) is 6.83. The Bertz CT molecular complexity index is 708. The van der Waals surface area contributed by atoms with Crippen LogP contribution in [-0.2, 0) is 6.54 Å². The molecule has 2 rings (SSSR count). The molecular weight excluding hydrogens is 308 g/mol. The lowest BCUT2D eigenvalue weighted by atomic mass is 10.1.